The number of esters is 3. The maximum absolute atomic E-state index is 12.8. The molecule has 0 rings (SSSR count). The van der Waals surface area contributed by atoms with Gasteiger partial charge in [-0.15, -0.1) is 0 Å². The van der Waals surface area contributed by atoms with E-state index in [9.17, 15) is 14.4 Å². The molecule has 0 heterocycles. The molecule has 0 aromatic carbocycles. The molecule has 0 aliphatic rings. The van der Waals surface area contributed by atoms with Crippen molar-refractivity contribution in [2.45, 2.75) is 298 Å². The Kier molecular flexibility index (Phi) is 44.7. The van der Waals surface area contributed by atoms with Gasteiger partial charge in [-0.1, -0.05) is 253 Å². The Morgan fingerprint density at radius 1 is 0.322 bits per heavy atom. The molecule has 0 saturated carbocycles. The average Bonchev–Trinajstić information content (AvgIpc) is 3.20. The first-order chi connectivity index (χ1) is 28.7. The zero-order valence-electron chi connectivity index (χ0n) is 40.4. The summed E-state index contributed by atoms with van der Waals surface area (Å²) in [5, 5.41) is 0. The second-order valence-electron chi connectivity index (χ2n) is 19.1. The summed E-state index contributed by atoms with van der Waals surface area (Å²) in [5.74, 6) is 0.813. The summed E-state index contributed by atoms with van der Waals surface area (Å²) >= 11 is 0. The minimum absolute atomic E-state index is 0.0636. The van der Waals surface area contributed by atoms with Crippen molar-refractivity contribution in [3.8, 4) is 0 Å². The lowest BCUT2D eigenvalue weighted by Crippen LogP contribution is -2.30. The van der Waals surface area contributed by atoms with E-state index >= 15 is 0 Å². The normalized spacial score (nSPS) is 12.1. The van der Waals surface area contributed by atoms with Crippen LogP contribution >= 0.6 is 0 Å². The predicted octanol–water partition coefficient (Wildman–Crippen LogP) is 16.9. The average molecular weight is 835 g/mol. The Labute approximate surface area is 368 Å². The third-order valence-electron chi connectivity index (χ3n) is 12.0. The number of hydrogen-bond acceptors (Lipinski definition) is 6. The monoisotopic (exact) mass is 835 g/mol. The molecular formula is C53H102O6. The van der Waals surface area contributed by atoms with E-state index in [1.54, 1.807) is 0 Å². The summed E-state index contributed by atoms with van der Waals surface area (Å²) in [5.41, 5.74) is 0. The van der Waals surface area contributed by atoms with Gasteiger partial charge in [0.05, 0.1) is 0 Å². The first-order valence-corrected chi connectivity index (χ1v) is 26.2. The molecule has 59 heavy (non-hydrogen) atoms. The van der Waals surface area contributed by atoms with Crippen LogP contribution in [-0.4, -0.2) is 37.2 Å². The highest BCUT2D eigenvalue weighted by Gasteiger charge is 2.19. The van der Waals surface area contributed by atoms with Crippen molar-refractivity contribution < 1.29 is 28.6 Å². The Morgan fingerprint density at radius 2 is 0.559 bits per heavy atom. The SMILES string of the molecule is CCCCCCCCCCCCCC(=O)OC[C@@H](COC(=O)CCCCCCCCCCCCCCCCC(C)C)OC(=O)CCCCCCCCCCCCC(C)C. The van der Waals surface area contributed by atoms with Gasteiger partial charge in [0, 0.05) is 19.3 Å². The summed E-state index contributed by atoms with van der Waals surface area (Å²) in [6.07, 6.45) is 46.6. The summed E-state index contributed by atoms with van der Waals surface area (Å²) in [4.78, 5) is 37.9. The van der Waals surface area contributed by atoms with Crippen LogP contribution in [-0.2, 0) is 28.6 Å². The van der Waals surface area contributed by atoms with Gasteiger partial charge in [-0.2, -0.15) is 0 Å². The van der Waals surface area contributed by atoms with Crippen LogP contribution in [0.1, 0.15) is 291 Å². The fourth-order valence-electron chi connectivity index (χ4n) is 7.99. The van der Waals surface area contributed by atoms with E-state index in [1.807, 2.05) is 0 Å². The zero-order chi connectivity index (χ0) is 43.3. The van der Waals surface area contributed by atoms with Crippen molar-refractivity contribution in [1.29, 1.82) is 0 Å². The molecule has 0 aromatic rings. The molecule has 0 N–H and O–H groups in total. The van der Waals surface area contributed by atoms with Gasteiger partial charge in [-0.25, -0.2) is 0 Å². The van der Waals surface area contributed by atoms with Crippen LogP contribution in [0.3, 0.4) is 0 Å². The molecule has 0 aliphatic carbocycles. The highest BCUT2D eigenvalue weighted by Crippen LogP contribution is 2.17. The smallest absolute Gasteiger partial charge is 0.306 e. The lowest BCUT2D eigenvalue weighted by atomic mass is 10.0. The van der Waals surface area contributed by atoms with Crippen LogP contribution in [0.15, 0.2) is 0 Å². The Hall–Kier alpha value is -1.59. The van der Waals surface area contributed by atoms with Crippen LogP contribution in [0, 0.1) is 11.8 Å². The largest absolute Gasteiger partial charge is 0.462 e. The lowest BCUT2D eigenvalue weighted by molar-refractivity contribution is -0.167. The lowest BCUT2D eigenvalue weighted by Gasteiger charge is -2.18. The minimum Gasteiger partial charge on any atom is -0.462 e. The first kappa shape index (κ1) is 57.4. The van der Waals surface area contributed by atoms with E-state index in [4.69, 9.17) is 14.2 Å². The summed E-state index contributed by atoms with van der Waals surface area (Å²) in [6, 6.07) is 0. The Balaban J connectivity index is 4.28. The molecule has 0 aliphatic heterocycles. The van der Waals surface area contributed by atoms with Gasteiger partial charge < -0.3 is 14.2 Å². The van der Waals surface area contributed by atoms with Crippen molar-refractivity contribution in [2.24, 2.45) is 11.8 Å². The van der Waals surface area contributed by atoms with Crippen LogP contribution in [0.25, 0.3) is 0 Å². The molecule has 1 atom stereocenters. The number of ether oxygens (including phenoxy) is 3. The molecule has 0 fully saturated rings. The fraction of sp³-hybridized carbons (Fsp3) is 0.943. The van der Waals surface area contributed by atoms with E-state index in [1.165, 1.54) is 180 Å². The molecule has 6 nitrogen and oxygen atoms in total. The van der Waals surface area contributed by atoms with E-state index < -0.39 is 6.10 Å². The number of rotatable bonds is 47. The fourth-order valence-corrected chi connectivity index (χ4v) is 7.99. The molecule has 0 amide bonds. The van der Waals surface area contributed by atoms with Gasteiger partial charge in [-0.05, 0) is 31.1 Å². The van der Waals surface area contributed by atoms with Crippen molar-refractivity contribution in [1.82, 2.24) is 0 Å². The maximum Gasteiger partial charge on any atom is 0.306 e. The van der Waals surface area contributed by atoms with Crippen molar-refractivity contribution in [3.05, 3.63) is 0 Å². The van der Waals surface area contributed by atoms with Gasteiger partial charge >= 0.3 is 17.9 Å². The minimum atomic E-state index is -0.761. The third-order valence-corrected chi connectivity index (χ3v) is 12.0. The molecule has 0 aromatic heterocycles. The molecule has 0 saturated heterocycles. The van der Waals surface area contributed by atoms with Gasteiger partial charge in [0.15, 0.2) is 6.10 Å². The third kappa shape index (κ3) is 47.3. The van der Waals surface area contributed by atoms with Crippen LogP contribution in [0.2, 0.25) is 0 Å². The molecular weight excluding hydrogens is 733 g/mol. The number of carbonyl (C=O) groups is 3. The molecule has 350 valence electrons. The Bertz CT molecular complexity index is 900. The standard InChI is InChI=1S/C53H102O6/c1-6-7-8-9-10-11-16-23-28-33-38-43-51(54)57-46-50(59-53(56)45-40-35-30-25-20-19-22-27-32-37-42-49(4)5)47-58-52(55)44-39-34-29-24-18-15-13-12-14-17-21-26-31-36-41-48(2)3/h48-50H,6-47H2,1-5H3/t50-/m0/s1. The van der Waals surface area contributed by atoms with Crippen molar-refractivity contribution >= 4 is 17.9 Å². The topological polar surface area (TPSA) is 78.9 Å². The summed E-state index contributed by atoms with van der Waals surface area (Å²) in [6.45, 7) is 11.4. The van der Waals surface area contributed by atoms with E-state index in [2.05, 4.69) is 34.6 Å². The molecule has 0 radical (unpaired) electrons. The number of unbranched alkanes of at least 4 members (excludes halogenated alkanes) is 32. The van der Waals surface area contributed by atoms with Crippen LogP contribution in [0.4, 0.5) is 0 Å². The molecule has 0 bridgehead atoms. The van der Waals surface area contributed by atoms with Crippen molar-refractivity contribution in [3.63, 3.8) is 0 Å². The van der Waals surface area contributed by atoms with Crippen LogP contribution in [0.5, 0.6) is 0 Å². The number of carbonyl (C=O) groups excluding carboxylic acids is 3. The summed E-state index contributed by atoms with van der Waals surface area (Å²) in [7, 11) is 0. The molecule has 0 spiro atoms. The predicted molar refractivity (Wildman–Crippen MR) is 252 cm³/mol. The molecule has 0 unspecified atom stereocenters. The molecule has 6 heteroatoms. The Morgan fingerprint density at radius 3 is 0.831 bits per heavy atom. The van der Waals surface area contributed by atoms with E-state index in [0.717, 1.165) is 69.6 Å². The second-order valence-corrected chi connectivity index (χ2v) is 19.1. The van der Waals surface area contributed by atoms with Gasteiger partial charge in [0.2, 0.25) is 0 Å². The van der Waals surface area contributed by atoms with Gasteiger partial charge in [0.25, 0.3) is 0 Å². The highest BCUT2D eigenvalue weighted by atomic mass is 16.6. The second kappa shape index (κ2) is 45.9. The highest BCUT2D eigenvalue weighted by molar-refractivity contribution is 5.71. The quantitative estimate of drug-likeness (QED) is 0.0345. The van der Waals surface area contributed by atoms with E-state index in [-0.39, 0.29) is 31.1 Å². The van der Waals surface area contributed by atoms with E-state index in [0.29, 0.717) is 19.3 Å². The van der Waals surface area contributed by atoms with Gasteiger partial charge in [0.1, 0.15) is 13.2 Å². The first-order valence-electron chi connectivity index (χ1n) is 26.2. The maximum atomic E-state index is 12.8. The van der Waals surface area contributed by atoms with Gasteiger partial charge in [-0.3, -0.25) is 14.4 Å². The zero-order valence-corrected chi connectivity index (χ0v) is 40.4. The number of hydrogen-bond donors (Lipinski definition) is 0. The van der Waals surface area contributed by atoms with Crippen molar-refractivity contribution in [2.75, 3.05) is 13.2 Å². The van der Waals surface area contributed by atoms with Crippen LogP contribution < -0.4 is 0 Å². The summed E-state index contributed by atoms with van der Waals surface area (Å²) < 4.78 is 16.8.